The van der Waals surface area contributed by atoms with Crippen LogP contribution in [0.3, 0.4) is 0 Å². The summed E-state index contributed by atoms with van der Waals surface area (Å²) in [6.45, 7) is 23.9. The van der Waals surface area contributed by atoms with Crippen LogP contribution in [0.1, 0.15) is 100 Å². The van der Waals surface area contributed by atoms with E-state index in [4.69, 9.17) is 18.9 Å². The second kappa shape index (κ2) is 17.2. The SMILES string of the molecule is C.CC(C)(C)c1ccc(OC=O)cc1.CC(C)(C)c1cccc(OC=O)c1.CC(C)(OC=O)Oc1ccc(C(C)(C)C)cc1. The van der Waals surface area contributed by atoms with Gasteiger partial charge in [-0.2, -0.15) is 0 Å². The Balaban J connectivity index is 0.000000631. The van der Waals surface area contributed by atoms with Gasteiger partial charge in [0.1, 0.15) is 17.2 Å². The van der Waals surface area contributed by atoms with Crippen LogP contribution in [0.25, 0.3) is 0 Å². The van der Waals surface area contributed by atoms with Crippen molar-refractivity contribution >= 4 is 19.4 Å². The number of benzene rings is 3. The quantitative estimate of drug-likeness (QED) is 0.186. The van der Waals surface area contributed by atoms with Crippen molar-refractivity contribution in [2.45, 2.75) is 106 Å². The van der Waals surface area contributed by atoms with Gasteiger partial charge in [-0.25, -0.2) is 0 Å². The summed E-state index contributed by atoms with van der Waals surface area (Å²) in [6, 6.07) is 22.9. The molecule has 0 saturated carbocycles. The first kappa shape index (κ1) is 39.9. The maximum absolute atomic E-state index is 10.3. The third kappa shape index (κ3) is 14.9. The molecule has 0 amide bonds. The van der Waals surface area contributed by atoms with E-state index in [1.54, 1.807) is 32.0 Å². The molecule has 0 N–H and O–H groups in total. The Morgan fingerprint density at radius 1 is 0.477 bits per heavy atom. The van der Waals surface area contributed by atoms with E-state index < -0.39 is 5.79 Å². The second-order valence-electron chi connectivity index (χ2n) is 13.5. The fourth-order valence-electron chi connectivity index (χ4n) is 3.63. The Kier molecular flexibility index (Phi) is 15.6. The Morgan fingerprint density at radius 2 is 0.886 bits per heavy atom. The lowest BCUT2D eigenvalue weighted by Crippen LogP contribution is -2.31. The number of ether oxygens (including phenoxy) is 4. The molecule has 242 valence electrons. The number of hydrogen-bond donors (Lipinski definition) is 0. The Hall–Kier alpha value is -4.13. The molecular formula is C37H52O7. The summed E-state index contributed by atoms with van der Waals surface area (Å²) in [4.78, 5) is 30.4. The molecule has 44 heavy (non-hydrogen) atoms. The van der Waals surface area contributed by atoms with Gasteiger partial charge in [-0.3, -0.25) is 14.4 Å². The van der Waals surface area contributed by atoms with Gasteiger partial charge in [0.05, 0.1) is 0 Å². The minimum Gasteiger partial charge on any atom is -0.453 e. The molecule has 0 fully saturated rings. The summed E-state index contributed by atoms with van der Waals surface area (Å²) in [7, 11) is 0. The fraction of sp³-hybridized carbons (Fsp3) is 0.432. The monoisotopic (exact) mass is 608 g/mol. The van der Waals surface area contributed by atoms with Crippen molar-refractivity contribution < 1.29 is 33.3 Å². The lowest BCUT2D eigenvalue weighted by atomic mass is 9.87. The van der Waals surface area contributed by atoms with E-state index in [2.05, 4.69) is 62.3 Å². The molecular weight excluding hydrogens is 556 g/mol. The first-order valence-corrected chi connectivity index (χ1v) is 14.1. The molecule has 0 unspecified atom stereocenters. The van der Waals surface area contributed by atoms with Gasteiger partial charge in [0.25, 0.3) is 19.4 Å². The van der Waals surface area contributed by atoms with E-state index in [0.29, 0.717) is 36.7 Å². The summed E-state index contributed by atoms with van der Waals surface area (Å²) >= 11 is 0. The van der Waals surface area contributed by atoms with Gasteiger partial charge in [-0.05, 0) is 69.3 Å². The van der Waals surface area contributed by atoms with Crippen LogP contribution in [0.4, 0.5) is 0 Å². The molecule has 0 aromatic heterocycles. The zero-order chi connectivity index (χ0) is 32.9. The van der Waals surface area contributed by atoms with Gasteiger partial charge in [0.2, 0.25) is 5.79 Å². The van der Waals surface area contributed by atoms with Crippen molar-refractivity contribution in [1.29, 1.82) is 0 Å². The van der Waals surface area contributed by atoms with Crippen LogP contribution in [-0.2, 0) is 35.4 Å². The fourth-order valence-corrected chi connectivity index (χ4v) is 3.63. The van der Waals surface area contributed by atoms with Crippen LogP contribution >= 0.6 is 0 Å². The lowest BCUT2D eigenvalue weighted by Gasteiger charge is -2.25. The molecule has 0 bridgehead atoms. The molecule has 7 nitrogen and oxygen atoms in total. The van der Waals surface area contributed by atoms with Crippen LogP contribution in [-0.4, -0.2) is 25.2 Å². The molecule has 3 aromatic carbocycles. The van der Waals surface area contributed by atoms with Crippen molar-refractivity contribution in [2.24, 2.45) is 0 Å². The van der Waals surface area contributed by atoms with Gasteiger partial charge in [0.15, 0.2) is 0 Å². The van der Waals surface area contributed by atoms with E-state index >= 15 is 0 Å². The zero-order valence-corrected chi connectivity index (χ0v) is 27.5. The zero-order valence-electron chi connectivity index (χ0n) is 27.5. The van der Waals surface area contributed by atoms with Crippen molar-refractivity contribution in [2.75, 3.05) is 0 Å². The molecule has 0 radical (unpaired) electrons. The number of carbonyl (C=O) groups is 3. The van der Waals surface area contributed by atoms with Crippen LogP contribution in [0.15, 0.2) is 72.8 Å². The molecule has 0 saturated heterocycles. The highest BCUT2D eigenvalue weighted by Gasteiger charge is 2.21. The minimum atomic E-state index is -0.939. The van der Waals surface area contributed by atoms with Crippen molar-refractivity contribution in [3.8, 4) is 17.2 Å². The third-order valence-corrected chi connectivity index (χ3v) is 6.20. The first-order chi connectivity index (χ1) is 19.8. The van der Waals surface area contributed by atoms with Crippen molar-refractivity contribution in [3.05, 3.63) is 89.5 Å². The number of hydrogen-bond acceptors (Lipinski definition) is 7. The highest BCUT2D eigenvalue weighted by Crippen LogP contribution is 2.27. The van der Waals surface area contributed by atoms with Gasteiger partial charge in [-0.1, -0.05) is 106 Å². The first-order valence-electron chi connectivity index (χ1n) is 14.1. The summed E-state index contributed by atoms with van der Waals surface area (Å²) < 4.78 is 19.8. The lowest BCUT2D eigenvalue weighted by molar-refractivity contribution is -0.170. The molecule has 3 aromatic rings. The largest absolute Gasteiger partial charge is 0.453 e. The van der Waals surface area contributed by atoms with E-state index in [1.807, 2.05) is 54.6 Å². The topological polar surface area (TPSA) is 88.1 Å². The smallest absolute Gasteiger partial charge is 0.298 e. The van der Waals surface area contributed by atoms with Gasteiger partial charge < -0.3 is 18.9 Å². The average molecular weight is 609 g/mol. The van der Waals surface area contributed by atoms with Crippen LogP contribution in [0.2, 0.25) is 0 Å². The van der Waals surface area contributed by atoms with Gasteiger partial charge in [-0.15, -0.1) is 0 Å². The molecule has 0 spiro atoms. The standard InChI is InChI=1S/C14H20O3.2C11H14O2.CH4/c1-13(2,3)11-6-8-12(9-7-11)17-14(4,5)16-10-15;1-11(2,3)9-4-6-10(7-5-9)13-8-12;1-11(2,3)9-5-4-6-10(7-9)13-8-12;/h6-10H,1-5H3;2*4-8H,1-3H3;1H4. The van der Waals surface area contributed by atoms with E-state index in [1.165, 1.54) is 11.1 Å². The summed E-state index contributed by atoms with van der Waals surface area (Å²) in [5.41, 5.74) is 3.96. The highest BCUT2D eigenvalue weighted by atomic mass is 16.7. The summed E-state index contributed by atoms with van der Waals surface area (Å²) in [5, 5.41) is 0. The van der Waals surface area contributed by atoms with Crippen LogP contribution in [0.5, 0.6) is 17.2 Å². The van der Waals surface area contributed by atoms with Crippen LogP contribution < -0.4 is 14.2 Å². The Morgan fingerprint density at radius 3 is 1.27 bits per heavy atom. The Bertz CT molecular complexity index is 1270. The maximum Gasteiger partial charge on any atom is 0.298 e. The maximum atomic E-state index is 10.3. The normalized spacial score (nSPS) is 11.2. The highest BCUT2D eigenvalue weighted by molar-refractivity contribution is 5.46. The van der Waals surface area contributed by atoms with E-state index in [9.17, 15) is 14.4 Å². The minimum absolute atomic E-state index is 0. The molecule has 0 atom stereocenters. The number of carbonyl (C=O) groups excluding carboxylic acids is 3. The summed E-state index contributed by atoms with van der Waals surface area (Å²) in [6.07, 6.45) is 0. The molecule has 0 aliphatic rings. The molecule has 0 heterocycles. The summed E-state index contributed by atoms with van der Waals surface area (Å²) in [5.74, 6) is 0.931. The van der Waals surface area contributed by atoms with Crippen LogP contribution in [0, 0.1) is 0 Å². The van der Waals surface area contributed by atoms with Gasteiger partial charge in [0, 0.05) is 13.8 Å². The predicted octanol–water partition coefficient (Wildman–Crippen LogP) is 8.95. The number of rotatable bonds is 8. The predicted molar refractivity (Wildman–Crippen MR) is 177 cm³/mol. The molecule has 3 rings (SSSR count). The average Bonchev–Trinajstić information content (AvgIpc) is 2.89. The van der Waals surface area contributed by atoms with Crippen molar-refractivity contribution in [3.63, 3.8) is 0 Å². The van der Waals surface area contributed by atoms with Gasteiger partial charge >= 0.3 is 0 Å². The molecule has 0 aliphatic carbocycles. The Labute approximate surface area is 264 Å². The van der Waals surface area contributed by atoms with Crippen molar-refractivity contribution in [1.82, 2.24) is 0 Å². The third-order valence-electron chi connectivity index (χ3n) is 6.20. The van der Waals surface area contributed by atoms with E-state index in [-0.39, 0.29) is 23.7 Å². The molecule has 0 aliphatic heterocycles. The second-order valence-corrected chi connectivity index (χ2v) is 13.5. The van der Waals surface area contributed by atoms with E-state index in [0.717, 1.165) is 5.56 Å². The molecule has 7 heteroatoms.